The number of nitrogens with one attached hydrogen (secondary N) is 1. The second-order valence-electron chi connectivity index (χ2n) is 6.39. The Morgan fingerprint density at radius 2 is 2.04 bits per heavy atom. The van der Waals surface area contributed by atoms with Crippen molar-refractivity contribution in [2.45, 2.75) is 39.7 Å². The van der Waals surface area contributed by atoms with E-state index in [2.05, 4.69) is 33.5 Å². The Bertz CT molecular complexity index is 760. The molecular formula is C20H27N5O. The van der Waals surface area contributed by atoms with Crippen LogP contribution in [0.5, 0.6) is 0 Å². The number of para-hydroxylation sites is 1. The van der Waals surface area contributed by atoms with Crippen molar-refractivity contribution >= 4 is 11.6 Å². The smallest absolute Gasteiger partial charge is 0.220 e. The van der Waals surface area contributed by atoms with Gasteiger partial charge in [0.2, 0.25) is 5.91 Å². The van der Waals surface area contributed by atoms with Gasteiger partial charge in [0.25, 0.3) is 0 Å². The van der Waals surface area contributed by atoms with Crippen LogP contribution in [0.25, 0.3) is 0 Å². The molecular weight excluding hydrogens is 326 g/mol. The molecule has 0 spiro atoms. The molecule has 0 radical (unpaired) electrons. The van der Waals surface area contributed by atoms with Crippen molar-refractivity contribution in [2.75, 3.05) is 25.0 Å². The summed E-state index contributed by atoms with van der Waals surface area (Å²) >= 11 is 0. The van der Waals surface area contributed by atoms with Gasteiger partial charge in [-0.3, -0.25) is 9.48 Å². The van der Waals surface area contributed by atoms with Crippen LogP contribution in [-0.2, 0) is 17.8 Å². The Hall–Kier alpha value is -2.81. The average Bonchev–Trinajstić information content (AvgIpc) is 2.92. The summed E-state index contributed by atoms with van der Waals surface area (Å²) in [6, 6.07) is 12.2. The number of carbonyl (C=O) groups excluding carboxylic acids is 1. The molecule has 138 valence electrons. The third-order valence-electron chi connectivity index (χ3n) is 4.54. The summed E-state index contributed by atoms with van der Waals surface area (Å²) in [6.45, 7) is 5.93. The first-order valence-electron chi connectivity index (χ1n) is 8.95. The molecule has 1 aromatic carbocycles. The summed E-state index contributed by atoms with van der Waals surface area (Å²) in [5, 5.41) is 16.2. The van der Waals surface area contributed by atoms with Crippen LogP contribution in [0.3, 0.4) is 0 Å². The van der Waals surface area contributed by atoms with Gasteiger partial charge < -0.3 is 10.2 Å². The van der Waals surface area contributed by atoms with Gasteiger partial charge in [0.05, 0.1) is 24.7 Å². The highest BCUT2D eigenvalue weighted by Gasteiger charge is 2.13. The molecule has 0 bridgehead atoms. The lowest BCUT2D eigenvalue weighted by Gasteiger charge is -2.19. The Kier molecular flexibility index (Phi) is 7.22. The van der Waals surface area contributed by atoms with Gasteiger partial charge in [0, 0.05) is 37.9 Å². The molecule has 0 atom stereocenters. The molecule has 0 aliphatic rings. The van der Waals surface area contributed by atoms with Crippen molar-refractivity contribution in [1.82, 2.24) is 15.1 Å². The SMILES string of the molecule is Cc1nn(CCC#N)c(C)c1CCC(=O)NCCN(C)c1ccccc1. The third kappa shape index (κ3) is 5.35. The molecule has 0 aliphatic carbocycles. The molecule has 1 amide bonds. The van der Waals surface area contributed by atoms with Crippen molar-refractivity contribution in [3.63, 3.8) is 0 Å². The Balaban J connectivity index is 1.77. The molecule has 0 aliphatic heterocycles. The van der Waals surface area contributed by atoms with E-state index in [1.807, 2.05) is 43.8 Å². The molecule has 6 nitrogen and oxygen atoms in total. The maximum Gasteiger partial charge on any atom is 0.220 e. The fourth-order valence-corrected chi connectivity index (χ4v) is 2.97. The molecule has 0 unspecified atom stereocenters. The first kappa shape index (κ1) is 19.5. The van der Waals surface area contributed by atoms with Crippen molar-refractivity contribution in [2.24, 2.45) is 0 Å². The zero-order valence-corrected chi connectivity index (χ0v) is 15.8. The molecule has 0 fully saturated rings. The standard InChI is InChI=1S/C20H27N5O/c1-16-19(17(2)25(23-16)14-7-12-21)10-11-20(26)22-13-15-24(3)18-8-5-4-6-9-18/h4-6,8-9H,7,10-11,13-15H2,1-3H3,(H,22,26). The fourth-order valence-electron chi connectivity index (χ4n) is 2.97. The molecule has 26 heavy (non-hydrogen) atoms. The van der Waals surface area contributed by atoms with Gasteiger partial charge in [-0.05, 0) is 38.0 Å². The van der Waals surface area contributed by atoms with Crippen molar-refractivity contribution in [3.8, 4) is 6.07 Å². The van der Waals surface area contributed by atoms with E-state index in [1.165, 1.54) is 0 Å². The number of nitriles is 1. The molecule has 6 heteroatoms. The Morgan fingerprint density at radius 3 is 2.73 bits per heavy atom. The summed E-state index contributed by atoms with van der Waals surface area (Å²) in [6.07, 6.45) is 1.56. The monoisotopic (exact) mass is 353 g/mol. The van der Waals surface area contributed by atoms with Crippen LogP contribution in [-0.4, -0.2) is 35.8 Å². The number of rotatable bonds is 9. The fraction of sp³-hybridized carbons (Fsp3) is 0.450. The number of hydrogen-bond acceptors (Lipinski definition) is 4. The highest BCUT2D eigenvalue weighted by Crippen LogP contribution is 2.15. The summed E-state index contributed by atoms with van der Waals surface area (Å²) in [5.41, 5.74) is 4.24. The van der Waals surface area contributed by atoms with Crippen LogP contribution in [0.1, 0.15) is 29.8 Å². The summed E-state index contributed by atoms with van der Waals surface area (Å²) < 4.78 is 1.86. The van der Waals surface area contributed by atoms with Crippen LogP contribution in [0.2, 0.25) is 0 Å². The van der Waals surface area contributed by atoms with Crippen LogP contribution < -0.4 is 10.2 Å². The van der Waals surface area contributed by atoms with Gasteiger partial charge >= 0.3 is 0 Å². The topological polar surface area (TPSA) is 73.9 Å². The maximum absolute atomic E-state index is 12.1. The van der Waals surface area contributed by atoms with E-state index in [9.17, 15) is 4.79 Å². The van der Waals surface area contributed by atoms with Crippen LogP contribution in [0.15, 0.2) is 30.3 Å². The van der Waals surface area contributed by atoms with E-state index in [1.54, 1.807) is 0 Å². The summed E-state index contributed by atoms with van der Waals surface area (Å²) in [5.74, 6) is 0.0510. The minimum Gasteiger partial charge on any atom is -0.373 e. The molecule has 0 saturated heterocycles. The quantitative estimate of drug-likeness (QED) is 0.752. The van der Waals surface area contributed by atoms with Gasteiger partial charge in [0.1, 0.15) is 0 Å². The number of amides is 1. The first-order chi connectivity index (χ1) is 12.5. The van der Waals surface area contributed by atoms with E-state index in [-0.39, 0.29) is 5.91 Å². The van der Waals surface area contributed by atoms with Gasteiger partial charge in [-0.15, -0.1) is 0 Å². The number of carbonyl (C=O) groups is 1. The lowest BCUT2D eigenvalue weighted by Crippen LogP contribution is -2.33. The number of aryl methyl sites for hydroxylation is 2. The molecule has 0 saturated carbocycles. The van der Waals surface area contributed by atoms with Gasteiger partial charge in [-0.25, -0.2) is 0 Å². The predicted octanol–water partition coefficient (Wildman–Crippen LogP) is 2.60. The number of nitrogens with zero attached hydrogens (tertiary/aromatic N) is 4. The average molecular weight is 353 g/mol. The van der Waals surface area contributed by atoms with Gasteiger partial charge in [0.15, 0.2) is 0 Å². The van der Waals surface area contributed by atoms with E-state index in [0.29, 0.717) is 32.4 Å². The summed E-state index contributed by atoms with van der Waals surface area (Å²) in [4.78, 5) is 14.3. The highest BCUT2D eigenvalue weighted by molar-refractivity contribution is 5.76. The lowest BCUT2D eigenvalue weighted by atomic mass is 10.1. The second-order valence-corrected chi connectivity index (χ2v) is 6.39. The van der Waals surface area contributed by atoms with Crippen LogP contribution >= 0.6 is 0 Å². The minimum absolute atomic E-state index is 0.0510. The molecule has 2 aromatic rings. The normalized spacial score (nSPS) is 10.4. The first-order valence-corrected chi connectivity index (χ1v) is 8.95. The van der Waals surface area contributed by atoms with Crippen LogP contribution in [0.4, 0.5) is 5.69 Å². The van der Waals surface area contributed by atoms with Crippen molar-refractivity contribution < 1.29 is 4.79 Å². The number of hydrogen-bond donors (Lipinski definition) is 1. The van der Waals surface area contributed by atoms with Crippen molar-refractivity contribution in [3.05, 3.63) is 47.3 Å². The van der Waals surface area contributed by atoms with Gasteiger partial charge in [-0.2, -0.15) is 10.4 Å². The van der Waals surface area contributed by atoms with E-state index < -0.39 is 0 Å². The number of likely N-dealkylation sites (N-methyl/N-ethyl adjacent to an activating group) is 1. The Labute approximate surface area is 155 Å². The molecule has 1 heterocycles. The van der Waals surface area contributed by atoms with E-state index in [0.717, 1.165) is 29.2 Å². The minimum atomic E-state index is 0.0510. The van der Waals surface area contributed by atoms with Crippen LogP contribution in [0, 0.1) is 25.2 Å². The number of anilines is 1. The Morgan fingerprint density at radius 1 is 1.31 bits per heavy atom. The lowest BCUT2D eigenvalue weighted by molar-refractivity contribution is -0.120. The third-order valence-corrected chi connectivity index (χ3v) is 4.54. The summed E-state index contributed by atoms with van der Waals surface area (Å²) in [7, 11) is 2.02. The van der Waals surface area contributed by atoms with E-state index >= 15 is 0 Å². The second kappa shape index (κ2) is 9.62. The largest absolute Gasteiger partial charge is 0.373 e. The molecule has 2 rings (SSSR count). The predicted molar refractivity (Wildman–Crippen MR) is 103 cm³/mol. The molecule has 1 N–H and O–H groups in total. The zero-order chi connectivity index (χ0) is 18.9. The van der Waals surface area contributed by atoms with Crippen molar-refractivity contribution in [1.29, 1.82) is 5.26 Å². The molecule has 1 aromatic heterocycles. The van der Waals surface area contributed by atoms with Gasteiger partial charge in [-0.1, -0.05) is 18.2 Å². The zero-order valence-electron chi connectivity index (χ0n) is 15.8. The van der Waals surface area contributed by atoms with E-state index in [4.69, 9.17) is 5.26 Å². The number of aromatic nitrogens is 2. The highest BCUT2D eigenvalue weighted by atomic mass is 16.1. The number of benzene rings is 1. The maximum atomic E-state index is 12.1.